The van der Waals surface area contributed by atoms with E-state index in [1.54, 1.807) is 35.2 Å². The number of hydrogen-bond donors (Lipinski definition) is 0. The molecule has 1 fully saturated rings. The molecule has 1 amide bonds. The number of rotatable bonds is 3. The molecule has 6 heteroatoms. The van der Waals surface area contributed by atoms with Crippen LogP contribution in [0.25, 0.3) is 0 Å². The molecule has 1 heterocycles. The van der Waals surface area contributed by atoms with E-state index < -0.39 is 9.84 Å². The zero-order valence-electron chi connectivity index (χ0n) is 11.5. The third-order valence-electron chi connectivity index (χ3n) is 3.60. The third kappa shape index (κ3) is 3.50. The standard InChI is InChI=1S/C14H19NO4S/c1-19-14(16)15-9-7-12(8-10-15)11-20(17,18)13-5-3-2-4-6-13/h2-6,12H,7-11H2,1H3. The summed E-state index contributed by atoms with van der Waals surface area (Å²) in [6, 6.07) is 8.51. The highest BCUT2D eigenvalue weighted by atomic mass is 32.2. The van der Waals surface area contributed by atoms with Crippen molar-refractivity contribution in [3.8, 4) is 0 Å². The van der Waals surface area contributed by atoms with Gasteiger partial charge in [-0.25, -0.2) is 13.2 Å². The monoisotopic (exact) mass is 297 g/mol. The molecule has 0 aromatic heterocycles. The summed E-state index contributed by atoms with van der Waals surface area (Å²) in [6.45, 7) is 1.11. The molecule has 0 saturated carbocycles. The van der Waals surface area contributed by atoms with Crippen LogP contribution in [0.2, 0.25) is 0 Å². The summed E-state index contributed by atoms with van der Waals surface area (Å²) < 4.78 is 29.2. The summed E-state index contributed by atoms with van der Waals surface area (Å²) in [4.78, 5) is 13.4. The second-order valence-electron chi connectivity index (χ2n) is 4.99. The second-order valence-corrected chi connectivity index (χ2v) is 7.03. The maximum atomic E-state index is 12.3. The van der Waals surface area contributed by atoms with E-state index in [0.29, 0.717) is 30.8 Å². The topological polar surface area (TPSA) is 63.7 Å². The molecular formula is C14H19NO4S. The van der Waals surface area contributed by atoms with Crippen LogP contribution in [0.1, 0.15) is 12.8 Å². The van der Waals surface area contributed by atoms with E-state index in [0.717, 1.165) is 0 Å². The van der Waals surface area contributed by atoms with Crippen LogP contribution in [0.5, 0.6) is 0 Å². The average molecular weight is 297 g/mol. The Morgan fingerprint density at radius 1 is 1.25 bits per heavy atom. The molecule has 1 aromatic carbocycles. The van der Waals surface area contributed by atoms with E-state index in [2.05, 4.69) is 4.74 Å². The predicted octanol–water partition coefficient (Wildman–Crippen LogP) is 1.94. The zero-order chi connectivity index (χ0) is 14.6. The van der Waals surface area contributed by atoms with E-state index in [4.69, 9.17) is 0 Å². The highest BCUT2D eigenvalue weighted by molar-refractivity contribution is 7.91. The Bertz CT molecular complexity index is 548. The molecule has 0 radical (unpaired) electrons. The van der Waals surface area contributed by atoms with Crippen molar-refractivity contribution in [3.05, 3.63) is 30.3 Å². The van der Waals surface area contributed by atoms with E-state index >= 15 is 0 Å². The number of sulfone groups is 1. The SMILES string of the molecule is COC(=O)N1CCC(CS(=O)(=O)c2ccccc2)CC1. The van der Waals surface area contributed by atoms with Crippen LogP contribution in [0.4, 0.5) is 4.79 Å². The smallest absolute Gasteiger partial charge is 0.409 e. The Morgan fingerprint density at radius 3 is 2.40 bits per heavy atom. The van der Waals surface area contributed by atoms with E-state index in [-0.39, 0.29) is 17.8 Å². The lowest BCUT2D eigenvalue weighted by Gasteiger charge is -2.30. The van der Waals surface area contributed by atoms with E-state index in [1.807, 2.05) is 0 Å². The van der Waals surface area contributed by atoms with Crippen LogP contribution in [0.3, 0.4) is 0 Å². The Kier molecular flexibility index (Phi) is 4.65. The van der Waals surface area contributed by atoms with Gasteiger partial charge in [-0.1, -0.05) is 18.2 Å². The maximum absolute atomic E-state index is 12.3. The van der Waals surface area contributed by atoms with Crippen molar-refractivity contribution >= 4 is 15.9 Å². The molecule has 1 aromatic rings. The van der Waals surface area contributed by atoms with Gasteiger partial charge in [-0.2, -0.15) is 0 Å². The van der Waals surface area contributed by atoms with Gasteiger partial charge in [0.25, 0.3) is 0 Å². The molecule has 2 rings (SSSR count). The summed E-state index contributed by atoms with van der Waals surface area (Å²) in [7, 11) is -1.88. The molecule has 0 unspecified atom stereocenters. The van der Waals surface area contributed by atoms with Gasteiger partial charge in [-0.15, -0.1) is 0 Å². The Hall–Kier alpha value is -1.56. The van der Waals surface area contributed by atoms with Crippen molar-refractivity contribution in [3.63, 3.8) is 0 Å². The van der Waals surface area contributed by atoms with Crippen LogP contribution in [-0.4, -0.2) is 45.4 Å². The second kappa shape index (κ2) is 6.26. The first-order chi connectivity index (χ1) is 9.53. The van der Waals surface area contributed by atoms with Gasteiger partial charge >= 0.3 is 6.09 Å². The summed E-state index contributed by atoms with van der Waals surface area (Å²) in [6.07, 6.45) is 1.05. The fourth-order valence-corrected chi connectivity index (χ4v) is 4.16. The lowest BCUT2D eigenvalue weighted by molar-refractivity contribution is 0.108. The number of methoxy groups -OCH3 is 1. The highest BCUT2D eigenvalue weighted by Gasteiger charge is 2.27. The molecule has 20 heavy (non-hydrogen) atoms. The zero-order valence-corrected chi connectivity index (χ0v) is 12.3. The molecule has 5 nitrogen and oxygen atoms in total. The number of ether oxygens (including phenoxy) is 1. The van der Waals surface area contributed by atoms with Crippen molar-refractivity contribution < 1.29 is 17.9 Å². The fraction of sp³-hybridized carbons (Fsp3) is 0.500. The molecule has 1 saturated heterocycles. The Balaban J connectivity index is 1.94. The van der Waals surface area contributed by atoms with Crippen molar-refractivity contribution in [2.24, 2.45) is 5.92 Å². The van der Waals surface area contributed by atoms with Crippen LogP contribution in [-0.2, 0) is 14.6 Å². The quantitative estimate of drug-likeness (QED) is 0.855. The minimum absolute atomic E-state index is 0.0983. The number of carbonyl (C=O) groups is 1. The average Bonchev–Trinajstić information content (AvgIpc) is 2.48. The highest BCUT2D eigenvalue weighted by Crippen LogP contribution is 2.22. The van der Waals surface area contributed by atoms with Crippen molar-refractivity contribution in [1.29, 1.82) is 0 Å². The molecule has 0 aliphatic carbocycles. The number of benzene rings is 1. The van der Waals surface area contributed by atoms with Crippen molar-refractivity contribution in [2.45, 2.75) is 17.7 Å². The lowest BCUT2D eigenvalue weighted by Crippen LogP contribution is -2.39. The molecular weight excluding hydrogens is 278 g/mol. The van der Waals surface area contributed by atoms with Gasteiger partial charge in [-0.05, 0) is 30.9 Å². The molecule has 1 aliphatic heterocycles. The number of piperidine rings is 1. The summed E-state index contributed by atoms with van der Waals surface area (Å²) in [5.74, 6) is 0.243. The van der Waals surface area contributed by atoms with Gasteiger partial charge in [0, 0.05) is 13.1 Å². The molecule has 0 bridgehead atoms. The minimum atomic E-state index is -3.24. The van der Waals surface area contributed by atoms with Gasteiger partial charge in [0.05, 0.1) is 17.8 Å². The maximum Gasteiger partial charge on any atom is 0.409 e. The largest absolute Gasteiger partial charge is 0.453 e. The molecule has 0 N–H and O–H groups in total. The first-order valence-corrected chi connectivity index (χ1v) is 8.29. The summed E-state index contributed by atoms with van der Waals surface area (Å²) >= 11 is 0. The number of hydrogen-bond acceptors (Lipinski definition) is 4. The van der Waals surface area contributed by atoms with Gasteiger partial charge in [-0.3, -0.25) is 0 Å². The summed E-state index contributed by atoms with van der Waals surface area (Å²) in [5.41, 5.74) is 0. The minimum Gasteiger partial charge on any atom is -0.453 e. The Labute approximate surface area is 119 Å². The first-order valence-electron chi connectivity index (χ1n) is 6.63. The van der Waals surface area contributed by atoms with E-state index in [9.17, 15) is 13.2 Å². The predicted molar refractivity (Wildman–Crippen MR) is 75.2 cm³/mol. The van der Waals surface area contributed by atoms with Crippen LogP contribution >= 0.6 is 0 Å². The molecule has 0 atom stereocenters. The summed E-state index contributed by atoms with van der Waals surface area (Å²) in [5, 5.41) is 0. The first kappa shape index (κ1) is 14.8. The van der Waals surface area contributed by atoms with Crippen LogP contribution < -0.4 is 0 Å². The Morgan fingerprint density at radius 2 is 1.85 bits per heavy atom. The van der Waals surface area contributed by atoms with Crippen molar-refractivity contribution in [2.75, 3.05) is 26.0 Å². The van der Waals surface area contributed by atoms with Gasteiger partial charge in [0.15, 0.2) is 9.84 Å². The van der Waals surface area contributed by atoms with E-state index in [1.165, 1.54) is 7.11 Å². The lowest BCUT2D eigenvalue weighted by atomic mass is 9.99. The molecule has 110 valence electrons. The fourth-order valence-electron chi connectivity index (χ4n) is 2.45. The molecule has 0 spiro atoms. The normalized spacial score (nSPS) is 16.9. The number of nitrogens with zero attached hydrogens (tertiary/aromatic N) is 1. The number of amides is 1. The van der Waals surface area contributed by atoms with Crippen molar-refractivity contribution in [1.82, 2.24) is 4.90 Å². The molecule has 1 aliphatic rings. The van der Waals surface area contributed by atoms with Gasteiger partial charge in [0.2, 0.25) is 0 Å². The van der Waals surface area contributed by atoms with Crippen LogP contribution in [0, 0.1) is 5.92 Å². The number of carbonyl (C=O) groups excluding carboxylic acids is 1. The third-order valence-corrected chi connectivity index (χ3v) is 5.51. The van der Waals surface area contributed by atoms with Crippen LogP contribution in [0.15, 0.2) is 35.2 Å². The van der Waals surface area contributed by atoms with Gasteiger partial charge in [0.1, 0.15) is 0 Å². The van der Waals surface area contributed by atoms with Gasteiger partial charge < -0.3 is 9.64 Å². The number of likely N-dealkylation sites (tertiary alicyclic amines) is 1.